The number of ether oxygens (including phenoxy) is 2. The summed E-state index contributed by atoms with van der Waals surface area (Å²) in [5.74, 6) is -1.45. The minimum atomic E-state index is -4.59. The number of hydrogen-bond acceptors (Lipinski definition) is 4. The van der Waals surface area contributed by atoms with Crippen molar-refractivity contribution in [3.05, 3.63) is 0 Å². The number of likely N-dealkylation sites (N-methyl/N-ethyl adjacent to an activating group) is 1. The number of carbonyl (C=O) groups excluding carboxylic acids is 2. The lowest BCUT2D eigenvalue weighted by molar-refractivity contribution is -0.171. The number of alkyl halides is 3. The summed E-state index contributed by atoms with van der Waals surface area (Å²) in [4.78, 5) is 25.5. The van der Waals surface area contributed by atoms with E-state index in [0.717, 1.165) is 24.2 Å². The second kappa shape index (κ2) is 9.22. The predicted molar refractivity (Wildman–Crippen MR) is 80.3 cm³/mol. The summed E-state index contributed by atoms with van der Waals surface area (Å²) >= 11 is 0. The van der Waals surface area contributed by atoms with Crippen LogP contribution in [-0.4, -0.2) is 80.4 Å². The van der Waals surface area contributed by atoms with Crippen LogP contribution in [0, 0.1) is 0 Å². The first-order chi connectivity index (χ1) is 11.1. The van der Waals surface area contributed by atoms with E-state index in [-0.39, 0.29) is 12.7 Å². The number of carbonyl (C=O) groups is 2. The predicted octanol–water partition coefficient (Wildman–Crippen LogP) is 1.44. The Kier molecular flexibility index (Phi) is 7.95. The summed E-state index contributed by atoms with van der Waals surface area (Å²) in [6.45, 7) is 0.0228. The second-order valence-corrected chi connectivity index (χ2v) is 6.06. The molecule has 1 fully saturated rings. The maximum Gasteiger partial charge on any atom is 0.406 e. The molecule has 2 atom stereocenters. The smallest absolute Gasteiger partial charge is 0.376 e. The summed E-state index contributed by atoms with van der Waals surface area (Å²) in [6, 6.07) is 0. The first kappa shape index (κ1) is 20.7. The highest BCUT2D eigenvalue weighted by atomic mass is 19.4. The average molecular weight is 354 g/mol. The number of amides is 2. The van der Waals surface area contributed by atoms with Gasteiger partial charge >= 0.3 is 6.18 Å². The van der Waals surface area contributed by atoms with Gasteiger partial charge in [-0.1, -0.05) is 0 Å². The lowest BCUT2D eigenvalue weighted by atomic mass is 10.1. The molecule has 0 aromatic carbocycles. The second-order valence-electron chi connectivity index (χ2n) is 6.06. The fraction of sp³-hybridized carbons (Fsp3) is 0.867. The van der Waals surface area contributed by atoms with Gasteiger partial charge in [0.2, 0.25) is 5.91 Å². The van der Waals surface area contributed by atoms with Crippen LogP contribution in [0.4, 0.5) is 13.2 Å². The van der Waals surface area contributed by atoms with Crippen molar-refractivity contribution in [2.45, 2.75) is 44.6 Å². The third-order valence-corrected chi connectivity index (χ3v) is 3.66. The Morgan fingerprint density at radius 1 is 1.29 bits per heavy atom. The lowest BCUT2D eigenvalue weighted by Gasteiger charge is -2.28. The average Bonchev–Trinajstić information content (AvgIpc) is 2.50. The summed E-state index contributed by atoms with van der Waals surface area (Å²) < 4.78 is 48.9. The Morgan fingerprint density at radius 3 is 2.46 bits per heavy atom. The highest BCUT2D eigenvalue weighted by molar-refractivity contribution is 5.86. The van der Waals surface area contributed by atoms with Crippen LogP contribution in [0.5, 0.6) is 0 Å². The van der Waals surface area contributed by atoms with Crippen LogP contribution in [0.25, 0.3) is 0 Å². The number of hydrogen-bond donors (Lipinski definition) is 0. The summed E-state index contributed by atoms with van der Waals surface area (Å²) in [7, 11) is 2.83. The molecule has 1 aliphatic rings. The van der Waals surface area contributed by atoms with Crippen LogP contribution < -0.4 is 0 Å². The molecule has 1 aliphatic heterocycles. The Balaban J connectivity index is 2.61. The molecule has 0 radical (unpaired) electrons. The maximum atomic E-state index is 12.7. The SMILES string of the molecule is CC(OCC1CCCCO1)C(=O)N(CC(=O)N(C)C)CC(F)(F)F. The van der Waals surface area contributed by atoms with E-state index >= 15 is 0 Å². The van der Waals surface area contributed by atoms with Crippen molar-refractivity contribution in [1.82, 2.24) is 9.80 Å². The summed E-state index contributed by atoms with van der Waals surface area (Å²) in [5.41, 5.74) is 0. The number of nitrogens with zero attached hydrogens (tertiary/aromatic N) is 2. The molecule has 2 amide bonds. The molecule has 0 N–H and O–H groups in total. The quantitative estimate of drug-likeness (QED) is 0.694. The Bertz CT molecular complexity index is 423. The van der Waals surface area contributed by atoms with E-state index in [0.29, 0.717) is 11.5 Å². The van der Waals surface area contributed by atoms with Gasteiger partial charge in [0.25, 0.3) is 5.91 Å². The van der Waals surface area contributed by atoms with Crippen LogP contribution >= 0.6 is 0 Å². The van der Waals surface area contributed by atoms with Gasteiger partial charge in [0.1, 0.15) is 19.2 Å². The standard InChI is InChI=1S/C15H25F3N2O4/c1-11(24-9-12-6-4-5-7-23-12)14(22)20(10-15(16,17)18)8-13(21)19(2)3/h11-12H,4-10H2,1-3H3. The van der Waals surface area contributed by atoms with Gasteiger partial charge in [0.05, 0.1) is 12.7 Å². The Hall–Kier alpha value is -1.35. The molecule has 9 heteroatoms. The molecule has 1 saturated heterocycles. The zero-order chi connectivity index (χ0) is 18.3. The minimum absolute atomic E-state index is 0.145. The molecule has 0 saturated carbocycles. The van der Waals surface area contributed by atoms with Crippen LogP contribution in [-0.2, 0) is 19.1 Å². The van der Waals surface area contributed by atoms with Gasteiger partial charge in [-0.15, -0.1) is 0 Å². The van der Waals surface area contributed by atoms with Gasteiger partial charge in [-0.25, -0.2) is 0 Å². The van der Waals surface area contributed by atoms with Gasteiger partial charge in [-0.2, -0.15) is 13.2 Å². The molecule has 0 aliphatic carbocycles. The van der Waals surface area contributed by atoms with Gasteiger partial charge < -0.3 is 19.3 Å². The molecule has 1 rings (SSSR count). The largest absolute Gasteiger partial charge is 0.406 e. The molecule has 0 aromatic heterocycles. The van der Waals surface area contributed by atoms with Gasteiger partial charge in [-0.05, 0) is 26.2 Å². The maximum absolute atomic E-state index is 12.7. The molecule has 140 valence electrons. The van der Waals surface area contributed by atoms with Crippen molar-refractivity contribution in [2.75, 3.05) is 40.4 Å². The lowest BCUT2D eigenvalue weighted by Crippen LogP contribution is -2.48. The topological polar surface area (TPSA) is 59.1 Å². The molecule has 2 unspecified atom stereocenters. The molecule has 0 bridgehead atoms. The van der Waals surface area contributed by atoms with E-state index in [4.69, 9.17) is 9.47 Å². The van der Waals surface area contributed by atoms with E-state index < -0.39 is 37.2 Å². The molecular formula is C15H25F3N2O4. The fourth-order valence-corrected chi connectivity index (χ4v) is 2.25. The first-order valence-electron chi connectivity index (χ1n) is 7.89. The Morgan fingerprint density at radius 2 is 1.96 bits per heavy atom. The summed E-state index contributed by atoms with van der Waals surface area (Å²) in [5, 5.41) is 0. The van der Waals surface area contributed by atoms with E-state index in [2.05, 4.69) is 0 Å². The number of rotatable bonds is 7. The normalized spacial score (nSPS) is 19.7. The van der Waals surface area contributed by atoms with Gasteiger partial charge in [-0.3, -0.25) is 9.59 Å². The molecule has 6 nitrogen and oxygen atoms in total. The number of halogens is 3. The van der Waals surface area contributed by atoms with E-state index in [1.165, 1.54) is 21.0 Å². The van der Waals surface area contributed by atoms with E-state index in [9.17, 15) is 22.8 Å². The zero-order valence-corrected chi connectivity index (χ0v) is 14.3. The first-order valence-corrected chi connectivity index (χ1v) is 7.89. The highest BCUT2D eigenvalue weighted by Gasteiger charge is 2.36. The minimum Gasteiger partial charge on any atom is -0.376 e. The van der Waals surface area contributed by atoms with Crippen molar-refractivity contribution in [3.63, 3.8) is 0 Å². The van der Waals surface area contributed by atoms with Crippen molar-refractivity contribution in [1.29, 1.82) is 0 Å². The van der Waals surface area contributed by atoms with Crippen LogP contribution in [0.15, 0.2) is 0 Å². The van der Waals surface area contributed by atoms with E-state index in [1.54, 1.807) is 0 Å². The van der Waals surface area contributed by atoms with Crippen LogP contribution in [0.1, 0.15) is 26.2 Å². The van der Waals surface area contributed by atoms with Gasteiger partial charge in [0.15, 0.2) is 0 Å². The van der Waals surface area contributed by atoms with Gasteiger partial charge in [0, 0.05) is 20.7 Å². The van der Waals surface area contributed by atoms with E-state index in [1.807, 2.05) is 0 Å². The van der Waals surface area contributed by atoms with Crippen molar-refractivity contribution >= 4 is 11.8 Å². The fourth-order valence-electron chi connectivity index (χ4n) is 2.25. The van der Waals surface area contributed by atoms with Crippen LogP contribution in [0.3, 0.4) is 0 Å². The zero-order valence-electron chi connectivity index (χ0n) is 14.3. The molecular weight excluding hydrogens is 329 g/mol. The monoisotopic (exact) mass is 354 g/mol. The van der Waals surface area contributed by atoms with Crippen molar-refractivity contribution in [2.24, 2.45) is 0 Å². The molecule has 0 spiro atoms. The molecule has 24 heavy (non-hydrogen) atoms. The third kappa shape index (κ3) is 7.48. The summed E-state index contributed by atoms with van der Waals surface area (Å²) in [6.07, 6.45) is -3.05. The van der Waals surface area contributed by atoms with Crippen LogP contribution in [0.2, 0.25) is 0 Å². The van der Waals surface area contributed by atoms with Crippen molar-refractivity contribution in [3.8, 4) is 0 Å². The molecule has 0 aromatic rings. The highest BCUT2D eigenvalue weighted by Crippen LogP contribution is 2.18. The third-order valence-electron chi connectivity index (χ3n) is 3.66. The Labute approximate surface area is 139 Å². The molecule has 1 heterocycles. The van der Waals surface area contributed by atoms with Crippen molar-refractivity contribution < 1.29 is 32.2 Å².